The molecule has 0 amide bonds. The predicted octanol–water partition coefficient (Wildman–Crippen LogP) is 7.55. The van der Waals surface area contributed by atoms with Gasteiger partial charge < -0.3 is 8.83 Å². The average molecular weight is 363 g/mol. The van der Waals surface area contributed by atoms with Crippen molar-refractivity contribution in [1.29, 1.82) is 0 Å². The summed E-state index contributed by atoms with van der Waals surface area (Å²) in [5, 5.41) is 7.15. The molecule has 0 spiro atoms. The van der Waals surface area contributed by atoms with Crippen molar-refractivity contribution < 1.29 is 8.83 Å². The van der Waals surface area contributed by atoms with Gasteiger partial charge in [-0.1, -0.05) is 54.6 Å². The Balaban J connectivity index is 1.91. The van der Waals surface area contributed by atoms with Crippen LogP contribution in [-0.4, -0.2) is 0 Å². The lowest BCUT2D eigenvalue weighted by Crippen LogP contribution is -1.82. The lowest BCUT2D eigenvalue weighted by molar-refractivity contribution is 0.663. The van der Waals surface area contributed by atoms with Crippen molar-refractivity contribution in [2.24, 2.45) is 5.18 Å². The zero-order chi connectivity index (χ0) is 18.7. The van der Waals surface area contributed by atoms with E-state index in [4.69, 9.17) is 8.83 Å². The van der Waals surface area contributed by atoms with Crippen LogP contribution in [0.3, 0.4) is 0 Å². The van der Waals surface area contributed by atoms with Crippen LogP contribution in [0, 0.1) is 4.91 Å². The van der Waals surface area contributed by atoms with Crippen molar-refractivity contribution in [2.75, 3.05) is 0 Å². The average Bonchev–Trinajstić information content (AvgIpc) is 3.31. The summed E-state index contributed by atoms with van der Waals surface area (Å²) in [7, 11) is 0. The molecule has 0 bridgehead atoms. The third-order valence-corrected chi connectivity index (χ3v) is 5.28. The molecule has 0 radical (unpaired) electrons. The fourth-order valence-electron chi connectivity index (χ4n) is 4.09. The van der Waals surface area contributed by atoms with E-state index in [1.807, 2.05) is 72.8 Å². The van der Waals surface area contributed by atoms with Crippen molar-refractivity contribution in [3.05, 3.63) is 83.8 Å². The summed E-state index contributed by atoms with van der Waals surface area (Å²) in [5.41, 5.74) is 5.12. The monoisotopic (exact) mass is 363 g/mol. The Labute approximate surface area is 158 Å². The number of hydrogen-bond acceptors (Lipinski definition) is 4. The van der Waals surface area contributed by atoms with E-state index in [2.05, 4.69) is 5.18 Å². The summed E-state index contributed by atoms with van der Waals surface area (Å²) < 4.78 is 12.4. The van der Waals surface area contributed by atoms with Gasteiger partial charge in [0.15, 0.2) is 0 Å². The molecule has 0 aliphatic heterocycles. The molecule has 2 heterocycles. The molecule has 0 atom stereocenters. The summed E-state index contributed by atoms with van der Waals surface area (Å²) in [6, 6.07) is 25.2. The highest BCUT2D eigenvalue weighted by Gasteiger charge is 2.21. The van der Waals surface area contributed by atoms with Crippen LogP contribution in [0.15, 0.2) is 92.9 Å². The van der Waals surface area contributed by atoms with Crippen LogP contribution in [0.1, 0.15) is 0 Å². The Hall–Kier alpha value is -3.92. The Morgan fingerprint density at radius 3 is 2.04 bits per heavy atom. The molecule has 4 aromatic carbocycles. The molecule has 6 rings (SSSR count). The maximum atomic E-state index is 11.4. The third-order valence-electron chi connectivity index (χ3n) is 5.28. The highest BCUT2D eigenvalue weighted by Crippen LogP contribution is 2.45. The maximum Gasteiger partial charge on any atom is 0.147 e. The number of para-hydroxylation sites is 2. The topological polar surface area (TPSA) is 55.7 Å². The van der Waals surface area contributed by atoms with Crippen LogP contribution >= 0.6 is 0 Å². The largest absolute Gasteiger partial charge is 0.456 e. The minimum atomic E-state index is 0.393. The lowest BCUT2D eigenvalue weighted by Gasteiger charge is -2.06. The van der Waals surface area contributed by atoms with Gasteiger partial charge in [-0.25, -0.2) is 0 Å². The number of fused-ring (bicyclic) bond motifs is 7. The van der Waals surface area contributed by atoms with E-state index < -0.39 is 0 Å². The molecular formula is C24H13NO3. The summed E-state index contributed by atoms with van der Waals surface area (Å²) >= 11 is 0. The molecule has 4 heteroatoms. The molecule has 4 nitrogen and oxygen atoms in total. The molecule has 0 saturated carbocycles. The minimum absolute atomic E-state index is 0.393. The van der Waals surface area contributed by atoms with Gasteiger partial charge in [-0.3, -0.25) is 0 Å². The van der Waals surface area contributed by atoms with E-state index in [0.717, 1.165) is 55.0 Å². The number of furan rings is 2. The number of nitrogens with zero attached hydrogens (tertiary/aromatic N) is 1. The van der Waals surface area contributed by atoms with Crippen LogP contribution in [0.5, 0.6) is 0 Å². The molecule has 0 saturated heterocycles. The number of nitroso groups, excluding NO2 is 1. The maximum absolute atomic E-state index is 11.4. The molecule has 28 heavy (non-hydrogen) atoms. The summed E-state index contributed by atoms with van der Waals surface area (Å²) in [4.78, 5) is 11.4. The molecule has 0 N–H and O–H groups in total. The van der Waals surface area contributed by atoms with Crippen molar-refractivity contribution in [3.63, 3.8) is 0 Å². The molecule has 0 fully saturated rings. The summed E-state index contributed by atoms with van der Waals surface area (Å²) in [6.45, 7) is 0. The highest BCUT2D eigenvalue weighted by atomic mass is 16.3. The van der Waals surface area contributed by atoms with E-state index in [1.165, 1.54) is 0 Å². The molecular weight excluding hydrogens is 350 g/mol. The van der Waals surface area contributed by atoms with Gasteiger partial charge in [0.05, 0.1) is 5.39 Å². The lowest BCUT2D eigenvalue weighted by atomic mass is 9.96. The van der Waals surface area contributed by atoms with Crippen LogP contribution in [0.4, 0.5) is 5.69 Å². The predicted molar refractivity (Wildman–Crippen MR) is 112 cm³/mol. The van der Waals surface area contributed by atoms with Crippen molar-refractivity contribution >= 4 is 49.6 Å². The van der Waals surface area contributed by atoms with Gasteiger partial charge >= 0.3 is 0 Å². The van der Waals surface area contributed by atoms with E-state index in [-0.39, 0.29) is 0 Å². The SMILES string of the molecule is O=Nc1ccccc1-c1cc2oc3ccccc3c2c2oc3ccccc3c12. The molecule has 2 aromatic heterocycles. The van der Waals surface area contributed by atoms with E-state index in [9.17, 15) is 4.91 Å². The van der Waals surface area contributed by atoms with E-state index >= 15 is 0 Å². The molecule has 132 valence electrons. The standard InChI is InChI=1S/C24H13NO3/c26-25-18-10-4-1-7-14(18)17-13-21-23(16-9-3-5-11-19(16)27-21)24-22(17)15-8-2-6-12-20(15)28-24/h1-13H. The second-order valence-corrected chi connectivity index (χ2v) is 6.81. The molecule has 6 aromatic rings. The second kappa shape index (κ2) is 5.54. The van der Waals surface area contributed by atoms with Gasteiger partial charge in [0.2, 0.25) is 0 Å². The van der Waals surface area contributed by atoms with Gasteiger partial charge in [-0.2, -0.15) is 0 Å². The first kappa shape index (κ1) is 15.2. The Bertz CT molecular complexity index is 1540. The van der Waals surface area contributed by atoms with Crippen LogP contribution < -0.4 is 0 Å². The number of benzene rings is 4. The number of rotatable bonds is 2. The van der Waals surface area contributed by atoms with E-state index in [0.29, 0.717) is 5.69 Å². The number of hydrogen-bond donors (Lipinski definition) is 0. The van der Waals surface area contributed by atoms with Crippen molar-refractivity contribution in [3.8, 4) is 11.1 Å². The van der Waals surface area contributed by atoms with Crippen molar-refractivity contribution in [1.82, 2.24) is 0 Å². The zero-order valence-corrected chi connectivity index (χ0v) is 14.7. The molecule has 0 unspecified atom stereocenters. The van der Waals surface area contributed by atoms with Gasteiger partial charge in [0.1, 0.15) is 28.0 Å². The minimum Gasteiger partial charge on any atom is -0.456 e. The molecule has 0 aliphatic carbocycles. The first-order valence-electron chi connectivity index (χ1n) is 9.03. The first-order valence-corrected chi connectivity index (χ1v) is 9.03. The van der Waals surface area contributed by atoms with Crippen LogP contribution in [0.25, 0.3) is 55.0 Å². The van der Waals surface area contributed by atoms with Crippen molar-refractivity contribution in [2.45, 2.75) is 0 Å². The van der Waals surface area contributed by atoms with Crippen LogP contribution in [-0.2, 0) is 0 Å². The first-order chi connectivity index (χ1) is 13.8. The Kier molecular flexibility index (Phi) is 3.00. The zero-order valence-electron chi connectivity index (χ0n) is 14.7. The highest BCUT2D eigenvalue weighted by molar-refractivity contribution is 6.26. The summed E-state index contributed by atoms with van der Waals surface area (Å²) in [5.74, 6) is 0. The fourth-order valence-corrected chi connectivity index (χ4v) is 4.09. The van der Waals surface area contributed by atoms with Gasteiger partial charge in [0, 0.05) is 21.7 Å². The second-order valence-electron chi connectivity index (χ2n) is 6.81. The third kappa shape index (κ3) is 1.94. The van der Waals surface area contributed by atoms with Gasteiger partial charge in [-0.15, -0.1) is 4.91 Å². The normalized spacial score (nSPS) is 11.7. The Morgan fingerprint density at radius 2 is 1.25 bits per heavy atom. The molecule has 0 aliphatic rings. The Morgan fingerprint density at radius 1 is 0.607 bits per heavy atom. The fraction of sp³-hybridized carbons (Fsp3) is 0. The summed E-state index contributed by atoms with van der Waals surface area (Å²) in [6.07, 6.45) is 0. The van der Waals surface area contributed by atoms with Gasteiger partial charge in [-0.05, 0) is 35.0 Å². The smallest absolute Gasteiger partial charge is 0.147 e. The van der Waals surface area contributed by atoms with E-state index in [1.54, 1.807) is 6.07 Å². The van der Waals surface area contributed by atoms with Crippen LogP contribution in [0.2, 0.25) is 0 Å². The quantitative estimate of drug-likeness (QED) is 0.298. The van der Waals surface area contributed by atoms with Gasteiger partial charge in [0.25, 0.3) is 0 Å².